The summed E-state index contributed by atoms with van der Waals surface area (Å²) in [5.41, 5.74) is 1.17. The number of ether oxygens (including phenoxy) is 1. The second kappa shape index (κ2) is 11.8. The molecule has 0 saturated heterocycles. The van der Waals surface area contributed by atoms with E-state index in [4.69, 9.17) is 4.74 Å². The quantitative estimate of drug-likeness (QED) is 0.281. The zero-order chi connectivity index (χ0) is 27.3. The molecule has 1 atom stereocenters. The van der Waals surface area contributed by atoms with Crippen LogP contribution in [-0.2, 0) is 11.0 Å². The van der Waals surface area contributed by atoms with Crippen molar-refractivity contribution in [2.45, 2.75) is 33.4 Å². The lowest BCUT2D eigenvalue weighted by Crippen LogP contribution is -2.31. The number of aliphatic imine (C=N–C) groups is 1. The van der Waals surface area contributed by atoms with Crippen LogP contribution in [0.5, 0.6) is 5.75 Å². The molecule has 0 aromatic heterocycles. The van der Waals surface area contributed by atoms with Gasteiger partial charge in [-0.2, -0.15) is 13.2 Å². The Hall–Kier alpha value is -3.65. The van der Waals surface area contributed by atoms with Gasteiger partial charge in [-0.25, -0.2) is 4.99 Å². The van der Waals surface area contributed by atoms with Gasteiger partial charge in [0.1, 0.15) is 11.5 Å². The van der Waals surface area contributed by atoms with Crippen LogP contribution in [0.3, 0.4) is 0 Å². The number of fused-ring (bicyclic) bond motifs is 1. The Morgan fingerprint density at radius 3 is 2.42 bits per heavy atom. The molecule has 8 heteroatoms. The molecule has 1 heterocycles. The van der Waals surface area contributed by atoms with Gasteiger partial charge in [-0.1, -0.05) is 45.0 Å². The predicted molar refractivity (Wildman–Crippen MR) is 145 cm³/mol. The van der Waals surface area contributed by atoms with Gasteiger partial charge >= 0.3 is 6.18 Å². The first kappa shape index (κ1) is 27.4. The lowest BCUT2D eigenvalue weighted by Gasteiger charge is -2.24. The van der Waals surface area contributed by atoms with Gasteiger partial charge in [-0.05, 0) is 68.0 Å². The highest BCUT2D eigenvalue weighted by atomic mass is 19.4. The maximum Gasteiger partial charge on any atom is 0.416 e. The number of anilines is 2. The largest absolute Gasteiger partial charge is 0.493 e. The first-order chi connectivity index (χ1) is 18.2. The molecular formula is C30H32F3N3O2. The maximum absolute atomic E-state index is 13.5. The van der Waals surface area contributed by atoms with Crippen molar-refractivity contribution < 1.29 is 22.7 Å². The molecule has 3 aromatic rings. The molecule has 3 aromatic carbocycles. The Bertz CT molecular complexity index is 1290. The SMILES string of the molecule is CCCN(CC)CC(C)COc1ccc(N2C(=O)C(=Nc3cccc(C(F)(F)F)c3)c3ccccc32)cc1. The second-order valence-electron chi connectivity index (χ2n) is 9.47. The number of amides is 1. The zero-order valence-electron chi connectivity index (χ0n) is 21.8. The van der Waals surface area contributed by atoms with E-state index in [2.05, 4.69) is 30.7 Å². The minimum Gasteiger partial charge on any atom is -0.493 e. The van der Waals surface area contributed by atoms with E-state index >= 15 is 0 Å². The lowest BCUT2D eigenvalue weighted by atomic mass is 10.1. The van der Waals surface area contributed by atoms with Crippen LogP contribution in [0.25, 0.3) is 0 Å². The fourth-order valence-electron chi connectivity index (χ4n) is 4.56. The third-order valence-electron chi connectivity index (χ3n) is 6.41. The van der Waals surface area contributed by atoms with Gasteiger partial charge in [0.15, 0.2) is 0 Å². The molecule has 0 N–H and O–H groups in total. The minimum atomic E-state index is -4.49. The van der Waals surface area contributed by atoms with E-state index in [-0.39, 0.29) is 11.4 Å². The van der Waals surface area contributed by atoms with Gasteiger partial charge in [-0.15, -0.1) is 0 Å². The third-order valence-corrected chi connectivity index (χ3v) is 6.41. The van der Waals surface area contributed by atoms with Crippen LogP contribution >= 0.6 is 0 Å². The molecule has 4 rings (SSSR count). The van der Waals surface area contributed by atoms with Crippen molar-refractivity contribution in [3.05, 3.63) is 83.9 Å². The Labute approximate surface area is 221 Å². The number of hydrogen-bond acceptors (Lipinski definition) is 4. The van der Waals surface area contributed by atoms with Crippen molar-refractivity contribution in [2.75, 3.05) is 31.1 Å². The topological polar surface area (TPSA) is 45.1 Å². The van der Waals surface area contributed by atoms with Crippen LogP contribution in [0.4, 0.5) is 30.2 Å². The summed E-state index contributed by atoms with van der Waals surface area (Å²) in [5, 5.41) is 0. The van der Waals surface area contributed by atoms with E-state index in [9.17, 15) is 18.0 Å². The molecule has 1 aliphatic rings. The summed E-state index contributed by atoms with van der Waals surface area (Å²) >= 11 is 0. The number of alkyl halides is 3. The van der Waals surface area contributed by atoms with Gasteiger partial charge < -0.3 is 9.64 Å². The molecule has 1 unspecified atom stereocenters. The highest BCUT2D eigenvalue weighted by molar-refractivity contribution is 6.56. The monoisotopic (exact) mass is 523 g/mol. The fourth-order valence-corrected chi connectivity index (χ4v) is 4.56. The van der Waals surface area contributed by atoms with E-state index in [1.54, 1.807) is 30.3 Å². The number of nitrogens with zero attached hydrogens (tertiary/aromatic N) is 3. The smallest absolute Gasteiger partial charge is 0.416 e. The van der Waals surface area contributed by atoms with Crippen molar-refractivity contribution >= 4 is 28.7 Å². The standard InChI is InChI=1S/C30H32F3N3O2/c1-4-17-35(5-2)19-21(3)20-38-25-15-13-24(14-16-25)36-27-12-7-6-11-26(27)28(29(36)37)34-23-10-8-9-22(18-23)30(31,32)33/h6-16,18,21H,4-5,17,19-20H2,1-3H3. The van der Waals surface area contributed by atoms with E-state index < -0.39 is 17.6 Å². The molecule has 38 heavy (non-hydrogen) atoms. The lowest BCUT2D eigenvalue weighted by molar-refractivity contribution is -0.137. The summed E-state index contributed by atoms with van der Waals surface area (Å²) in [7, 11) is 0. The number of rotatable bonds is 10. The van der Waals surface area contributed by atoms with Gasteiger partial charge in [-0.3, -0.25) is 9.69 Å². The number of hydrogen-bond donors (Lipinski definition) is 0. The highest BCUT2D eigenvalue weighted by Crippen LogP contribution is 2.38. The molecular weight excluding hydrogens is 491 g/mol. The third kappa shape index (κ3) is 6.25. The average molecular weight is 524 g/mol. The van der Waals surface area contributed by atoms with Gasteiger partial charge in [0.05, 0.1) is 23.5 Å². The summed E-state index contributed by atoms with van der Waals surface area (Å²) in [6.07, 6.45) is -3.38. The molecule has 200 valence electrons. The predicted octanol–water partition coefficient (Wildman–Crippen LogP) is 7.25. The molecule has 0 saturated carbocycles. The van der Waals surface area contributed by atoms with Crippen LogP contribution in [0.2, 0.25) is 0 Å². The summed E-state index contributed by atoms with van der Waals surface area (Å²) < 4.78 is 45.5. The second-order valence-corrected chi connectivity index (χ2v) is 9.47. The first-order valence-corrected chi connectivity index (χ1v) is 12.9. The van der Waals surface area contributed by atoms with Crippen LogP contribution in [0, 0.1) is 5.92 Å². The summed E-state index contributed by atoms with van der Waals surface area (Å²) in [6.45, 7) is 10.1. The van der Waals surface area contributed by atoms with E-state index in [1.807, 2.05) is 18.2 Å². The minimum absolute atomic E-state index is 0.0678. The fraction of sp³-hybridized carbons (Fsp3) is 0.333. The zero-order valence-corrected chi connectivity index (χ0v) is 21.8. The first-order valence-electron chi connectivity index (χ1n) is 12.9. The number of halogens is 3. The highest BCUT2D eigenvalue weighted by Gasteiger charge is 2.35. The normalized spacial score (nSPS) is 15.3. The van der Waals surface area contributed by atoms with Crippen molar-refractivity contribution in [3.63, 3.8) is 0 Å². The van der Waals surface area contributed by atoms with Gasteiger partial charge in [0.2, 0.25) is 0 Å². The van der Waals surface area contributed by atoms with Crippen molar-refractivity contribution in [3.8, 4) is 5.75 Å². The molecule has 1 aliphatic heterocycles. The summed E-state index contributed by atoms with van der Waals surface area (Å²) in [5.74, 6) is 0.668. The Morgan fingerprint density at radius 2 is 1.74 bits per heavy atom. The number of benzene rings is 3. The van der Waals surface area contributed by atoms with Crippen LogP contribution in [0.1, 0.15) is 38.3 Å². The molecule has 5 nitrogen and oxygen atoms in total. The molecule has 0 radical (unpaired) electrons. The van der Waals surface area contributed by atoms with Crippen molar-refractivity contribution in [2.24, 2.45) is 10.9 Å². The van der Waals surface area contributed by atoms with E-state index in [1.165, 1.54) is 17.0 Å². The summed E-state index contributed by atoms with van der Waals surface area (Å²) in [4.78, 5) is 21.7. The van der Waals surface area contributed by atoms with Crippen LogP contribution in [0.15, 0.2) is 77.8 Å². The van der Waals surface area contributed by atoms with Crippen molar-refractivity contribution in [1.82, 2.24) is 4.90 Å². The molecule has 0 aliphatic carbocycles. The van der Waals surface area contributed by atoms with Crippen LogP contribution < -0.4 is 9.64 Å². The number of carbonyl (C=O) groups excluding carboxylic acids is 1. The van der Waals surface area contributed by atoms with E-state index in [0.717, 1.165) is 38.2 Å². The van der Waals surface area contributed by atoms with Gasteiger partial charge in [0.25, 0.3) is 5.91 Å². The molecule has 0 bridgehead atoms. The van der Waals surface area contributed by atoms with Gasteiger partial charge in [0, 0.05) is 23.7 Å². The van der Waals surface area contributed by atoms with Crippen molar-refractivity contribution in [1.29, 1.82) is 0 Å². The van der Waals surface area contributed by atoms with Crippen LogP contribution in [-0.4, -0.2) is 42.8 Å². The maximum atomic E-state index is 13.5. The Balaban J connectivity index is 1.52. The molecule has 0 spiro atoms. The Morgan fingerprint density at radius 1 is 1.00 bits per heavy atom. The van der Waals surface area contributed by atoms with E-state index in [0.29, 0.717) is 35.2 Å². The molecule has 1 amide bonds. The number of para-hydroxylation sites is 1. The Kier molecular flexibility index (Phi) is 8.52. The summed E-state index contributed by atoms with van der Waals surface area (Å²) in [6, 6.07) is 19.0. The average Bonchev–Trinajstić information content (AvgIpc) is 3.18. The molecule has 0 fully saturated rings. The number of carbonyl (C=O) groups is 1.